The second-order valence-corrected chi connectivity index (χ2v) is 7.61. The van der Waals surface area contributed by atoms with Crippen molar-refractivity contribution < 1.29 is 14.3 Å². The lowest BCUT2D eigenvalue weighted by Gasteiger charge is -2.33. The van der Waals surface area contributed by atoms with E-state index in [9.17, 15) is 9.59 Å². The van der Waals surface area contributed by atoms with Crippen molar-refractivity contribution in [2.45, 2.75) is 0 Å². The van der Waals surface area contributed by atoms with E-state index in [1.807, 2.05) is 18.2 Å². The van der Waals surface area contributed by atoms with Crippen molar-refractivity contribution in [3.8, 4) is 5.75 Å². The van der Waals surface area contributed by atoms with Crippen LogP contribution < -0.4 is 15.0 Å². The second kappa shape index (κ2) is 10.0. The largest absolute Gasteiger partial charge is 0.484 e. The lowest BCUT2D eigenvalue weighted by atomic mass is 10.0. The van der Waals surface area contributed by atoms with Crippen LogP contribution in [0.15, 0.2) is 67.0 Å². The van der Waals surface area contributed by atoms with Gasteiger partial charge in [0, 0.05) is 43.4 Å². The van der Waals surface area contributed by atoms with Gasteiger partial charge in [0.05, 0.1) is 0 Å². The number of aromatic nitrogens is 2. The van der Waals surface area contributed by atoms with Gasteiger partial charge in [0.25, 0.3) is 5.91 Å². The predicted octanol–water partition coefficient (Wildman–Crippen LogP) is 2.48. The minimum absolute atomic E-state index is 0.0604. The summed E-state index contributed by atoms with van der Waals surface area (Å²) in [6, 6.07) is 17.6. The molecule has 2 heterocycles. The van der Waals surface area contributed by atoms with Crippen LogP contribution in [0.5, 0.6) is 5.75 Å². The molecular formula is C24H25N5O3. The van der Waals surface area contributed by atoms with Crippen LogP contribution in [-0.4, -0.2) is 66.4 Å². The maximum absolute atomic E-state index is 12.5. The van der Waals surface area contributed by atoms with Gasteiger partial charge in [-0.25, -0.2) is 9.97 Å². The average molecular weight is 431 g/mol. The zero-order valence-electron chi connectivity index (χ0n) is 17.9. The zero-order chi connectivity index (χ0) is 22.3. The smallest absolute Gasteiger partial charge is 0.263 e. The fourth-order valence-corrected chi connectivity index (χ4v) is 3.41. The van der Waals surface area contributed by atoms with Gasteiger partial charge in [0.1, 0.15) is 23.7 Å². The molecule has 0 bridgehead atoms. The van der Waals surface area contributed by atoms with E-state index in [4.69, 9.17) is 4.74 Å². The Bertz CT molecular complexity index is 1060. The van der Waals surface area contributed by atoms with Crippen molar-refractivity contribution >= 4 is 23.3 Å². The number of hydrogen-bond acceptors (Lipinski definition) is 7. The average Bonchev–Trinajstić information content (AvgIpc) is 2.84. The molecule has 1 aliphatic heterocycles. The molecule has 8 nitrogen and oxygen atoms in total. The van der Waals surface area contributed by atoms with Crippen LogP contribution in [-0.2, 0) is 4.79 Å². The van der Waals surface area contributed by atoms with Gasteiger partial charge >= 0.3 is 0 Å². The molecule has 0 aliphatic carbocycles. The normalized spacial score (nSPS) is 14.1. The number of nitrogens with zero attached hydrogens (tertiary/aromatic N) is 4. The highest BCUT2D eigenvalue weighted by atomic mass is 16.5. The fraction of sp³-hybridized carbons (Fsp3) is 0.250. The molecule has 1 N–H and O–H groups in total. The Kier molecular flexibility index (Phi) is 6.72. The first-order valence-electron chi connectivity index (χ1n) is 10.5. The molecule has 0 radical (unpaired) electrons. The number of ketones is 1. The third-order valence-electron chi connectivity index (χ3n) is 5.27. The summed E-state index contributed by atoms with van der Waals surface area (Å²) in [7, 11) is 2.09. The van der Waals surface area contributed by atoms with E-state index in [0.29, 0.717) is 22.7 Å². The number of carbonyl (C=O) groups excluding carboxylic acids is 2. The van der Waals surface area contributed by atoms with Crippen LogP contribution in [0.2, 0.25) is 0 Å². The third-order valence-corrected chi connectivity index (χ3v) is 5.27. The zero-order valence-corrected chi connectivity index (χ0v) is 17.9. The molecule has 2 aromatic carbocycles. The number of likely N-dealkylation sites (N-methyl/N-ethyl adjacent to an activating group) is 1. The first-order chi connectivity index (χ1) is 15.6. The number of hydrogen-bond donors (Lipinski definition) is 1. The highest BCUT2D eigenvalue weighted by molar-refractivity contribution is 6.09. The number of rotatable bonds is 7. The van der Waals surface area contributed by atoms with Crippen LogP contribution in [0.3, 0.4) is 0 Å². The van der Waals surface area contributed by atoms with Crippen LogP contribution in [0.25, 0.3) is 0 Å². The molecule has 0 atom stereocenters. The van der Waals surface area contributed by atoms with Gasteiger partial charge in [0.15, 0.2) is 12.4 Å². The number of nitrogens with one attached hydrogen (secondary N) is 1. The predicted molar refractivity (Wildman–Crippen MR) is 122 cm³/mol. The number of amides is 1. The lowest BCUT2D eigenvalue weighted by molar-refractivity contribution is -0.118. The summed E-state index contributed by atoms with van der Waals surface area (Å²) in [6.07, 6.45) is 1.45. The first kappa shape index (κ1) is 21.5. The maximum Gasteiger partial charge on any atom is 0.263 e. The Labute approximate surface area is 186 Å². The molecule has 0 spiro atoms. The van der Waals surface area contributed by atoms with E-state index < -0.39 is 0 Å². The molecule has 0 unspecified atom stereocenters. The quantitative estimate of drug-likeness (QED) is 0.575. The molecule has 1 aliphatic rings. The second-order valence-electron chi connectivity index (χ2n) is 7.61. The van der Waals surface area contributed by atoms with E-state index in [2.05, 4.69) is 32.1 Å². The summed E-state index contributed by atoms with van der Waals surface area (Å²) in [6.45, 7) is 3.53. The van der Waals surface area contributed by atoms with Gasteiger partial charge in [-0.3, -0.25) is 9.59 Å². The van der Waals surface area contributed by atoms with Gasteiger partial charge in [-0.15, -0.1) is 0 Å². The Morgan fingerprint density at radius 3 is 2.34 bits per heavy atom. The van der Waals surface area contributed by atoms with Crippen LogP contribution >= 0.6 is 0 Å². The molecule has 8 heteroatoms. The standard InChI is InChI=1S/C24H25N5O3/c1-28-11-13-29(14-12-28)22-15-21(25-17-26-22)27-23(30)16-32-20-9-7-19(8-10-20)24(31)18-5-3-2-4-6-18/h2-10,15,17H,11-14,16H2,1H3,(H,25,26,27,30). The molecule has 164 valence electrons. The highest BCUT2D eigenvalue weighted by Gasteiger charge is 2.16. The summed E-state index contributed by atoms with van der Waals surface area (Å²) < 4.78 is 5.56. The summed E-state index contributed by atoms with van der Waals surface area (Å²) in [5.74, 6) is 1.35. The van der Waals surface area contributed by atoms with Crippen molar-refractivity contribution in [2.75, 3.05) is 50.1 Å². The molecule has 32 heavy (non-hydrogen) atoms. The van der Waals surface area contributed by atoms with E-state index in [1.54, 1.807) is 42.5 Å². The molecule has 0 saturated carbocycles. The topological polar surface area (TPSA) is 87.7 Å². The molecule has 4 rings (SSSR count). The van der Waals surface area contributed by atoms with Crippen molar-refractivity contribution in [3.05, 3.63) is 78.1 Å². The van der Waals surface area contributed by atoms with Gasteiger partial charge < -0.3 is 19.9 Å². The van der Waals surface area contributed by atoms with Crippen LogP contribution in [0, 0.1) is 0 Å². The van der Waals surface area contributed by atoms with Crippen LogP contribution in [0.1, 0.15) is 15.9 Å². The fourth-order valence-electron chi connectivity index (χ4n) is 3.41. The molecule has 1 saturated heterocycles. The minimum Gasteiger partial charge on any atom is -0.484 e. The Morgan fingerprint density at radius 1 is 0.938 bits per heavy atom. The van der Waals surface area contributed by atoms with Crippen molar-refractivity contribution in [2.24, 2.45) is 0 Å². The Balaban J connectivity index is 1.30. The SMILES string of the molecule is CN1CCN(c2cc(NC(=O)COc3ccc(C(=O)c4ccccc4)cc3)ncn2)CC1. The van der Waals surface area contributed by atoms with Gasteiger partial charge in [-0.2, -0.15) is 0 Å². The number of carbonyl (C=O) groups is 2. The molecule has 3 aromatic rings. The number of anilines is 2. The lowest BCUT2D eigenvalue weighted by Crippen LogP contribution is -2.44. The molecular weight excluding hydrogens is 406 g/mol. The Morgan fingerprint density at radius 2 is 1.62 bits per heavy atom. The minimum atomic E-state index is -0.322. The van der Waals surface area contributed by atoms with E-state index in [0.717, 1.165) is 32.0 Å². The van der Waals surface area contributed by atoms with Crippen molar-refractivity contribution in [3.63, 3.8) is 0 Å². The number of ether oxygens (including phenoxy) is 1. The molecule has 1 fully saturated rings. The van der Waals surface area contributed by atoms with Crippen molar-refractivity contribution in [1.29, 1.82) is 0 Å². The van der Waals surface area contributed by atoms with Gasteiger partial charge in [-0.1, -0.05) is 30.3 Å². The van der Waals surface area contributed by atoms with E-state index in [1.165, 1.54) is 6.33 Å². The Hall–Kier alpha value is -3.78. The first-order valence-corrected chi connectivity index (χ1v) is 10.5. The summed E-state index contributed by atoms with van der Waals surface area (Å²) in [4.78, 5) is 37.7. The van der Waals surface area contributed by atoms with E-state index >= 15 is 0 Å². The maximum atomic E-state index is 12.5. The van der Waals surface area contributed by atoms with Crippen molar-refractivity contribution in [1.82, 2.24) is 14.9 Å². The molecule has 1 aromatic heterocycles. The number of piperazine rings is 1. The third kappa shape index (κ3) is 5.47. The molecule has 1 amide bonds. The summed E-state index contributed by atoms with van der Waals surface area (Å²) in [5.41, 5.74) is 1.19. The van der Waals surface area contributed by atoms with Gasteiger partial charge in [0.2, 0.25) is 0 Å². The monoisotopic (exact) mass is 431 g/mol. The number of benzene rings is 2. The highest BCUT2D eigenvalue weighted by Crippen LogP contribution is 2.17. The summed E-state index contributed by atoms with van der Waals surface area (Å²) in [5, 5.41) is 2.75. The van der Waals surface area contributed by atoms with Gasteiger partial charge in [-0.05, 0) is 31.3 Å². The summed E-state index contributed by atoms with van der Waals surface area (Å²) >= 11 is 0. The van der Waals surface area contributed by atoms with Crippen LogP contribution in [0.4, 0.5) is 11.6 Å². The van der Waals surface area contributed by atoms with E-state index in [-0.39, 0.29) is 18.3 Å².